The molecule has 5 rings (SSSR count). The van der Waals surface area contributed by atoms with E-state index < -0.39 is 8.07 Å². The molecule has 218 valence electrons. The van der Waals surface area contributed by atoms with Crippen LogP contribution in [0, 0.1) is 24.2 Å². The predicted molar refractivity (Wildman–Crippen MR) is 168 cm³/mol. The standard InChI is InChI=1S/C32H39N7O2Si/c1-7-24-15-27(36-28-22(2)19-39(29(24)28)21-41-13-14-42(4,5)6)30(40)35-26-10-8-9-25(16-26)32(17-23(18-32)11-12-33)31-37-34-20-38(31)3/h7-10,15-16,19-20,23H,1,11,13-14,17-18,21H2,2-6H3,(H,35,40). The first-order valence-corrected chi connectivity index (χ1v) is 18.1. The van der Waals surface area contributed by atoms with Crippen molar-refractivity contribution in [3.05, 3.63) is 77.6 Å². The number of hydrogen-bond donors (Lipinski definition) is 1. The molecular weight excluding hydrogens is 542 g/mol. The second kappa shape index (κ2) is 11.7. The number of carbonyl (C=O) groups excluding carboxylic acids is 1. The summed E-state index contributed by atoms with van der Waals surface area (Å²) in [5, 5.41) is 20.8. The highest BCUT2D eigenvalue weighted by Crippen LogP contribution is 2.53. The number of aromatic nitrogens is 5. The lowest BCUT2D eigenvalue weighted by molar-refractivity contribution is 0.0901. The number of ether oxygens (including phenoxy) is 1. The number of nitrogens with zero attached hydrogens (tertiary/aromatic N) is 6. The van der Waals surface area contributed by atoms with Gasteiger partial charge in [0.25, 0.3) is 5.91 Å². The molecule has 0 aliphatic heterocycles. The van der Waals surface area contributed by atoms with E-state index in [2.05, 4.69) is 53.9 Å². The van der Waals surface area contributed by atoms with E-state index in [1.165, 1.54) is 0 Å². The number of carbonyl (C=O) groups is 1. The fourth-order valence-corrected chi connectivity index (χ4v) is 6.72. The Hall–Kier alpha value is -4.07. The van der Waals surface area contributed by atoms with Crippen molar-refractivity contribution in [3.8, 4) is 6.07 Å². The van der Waals surface area contributed by atoms with Crippen molar-refractivity contribution < 1.29 is 9.53 Å². The summed E-state index contributed by atoms with van der Waals surface area (Å²) in [6.45, 7) is 14.2. The van der Waals surface area contributed by atoms with Gasteiger partial charge < -0.3 is 19.2 Å². The topological polar surface area (TPSA) is 111 Å². The van der Waals surface area contributed by atoms with Crippen LogP contribution in [0.15, 0.2) is 49.4 Å². The van der Waals surface area contributed by atoms with E-state index in [-0.39, 0.29) is 11.3 Å². The molecule has 1 fully saturated rings. The van der Waals surface area contributed by atoms with Crippen LogP contribution in [0.4, 0.5) is 5.69 Å². The predicted octanol–water partition coefficient (Wildman–Crippen LogP) is 6.29. The highest BCUT2D eigenvalue weighted by atomic mass is 28.3. The molecule has 3 heterocycles. The first-order valence-electron chi connectivity index (χ1n) is 14.4. The maximum Gasteiger partial charge on any atom is 0.274 e. The summed E-state index contributed by atoms with van der Waals surface area (Å²) in [4.78, 5) is 18.3. The third kappa shape index (κ3) is 5.80. The maximum absolute atomic E-state index is 13.5. The quantitative estimate of drug-likeness (QED) is 0.165. The molecule has 1 aliphatic rings. The van der Waals surface area contributed by atoms with Gasteiger partial charge >= 0.3 is 0 Å². The second-order valence-corrected chi connectivity index (χ2v) is 18.3. The minimum atomic E-state index is -1.18. The first kappa shape index (κ1) is 29.4. The summed E-state index contributed by atoms with van der Waals surface area (Å²) in [5.41, 5.74) is 5.18. The zero-order valence-corrected chi connectivity index (χ0v) is 26.1. The summed E-state index contributed by atoms with van der Waals surface area (Å²) in [7, 11) is 0.762. The highest BCUT2D eigenvalue weighted by molar-refractivity contribution is 6.76. The van der Waals surface area contributed by atoms with Crippen LogP contribution in [0.2, 0.25) is 25.7 Å². The Labute approximate surface area is 248 Å². The average Bonchev–Trinajstić information content (AvgIpc) is 3.50. The van der Waals surface area contributed by atoms with Gasteiger partial charge in [0.15, 0.2) is 0 Å². The Morgan fingerprint density at radius 3 is 2.76 bits per heavy atom. The molecule has 4 aromatic rings. The van der Waals surface area contributed by atoms with E-state index in [0.717, 1.165) is 59.0 Å². The number of anilines is 1. The minimum Gasteiger partial charge on any atom is -0.361 e. The van der Waals surface area contributed by atoms with Gasteiger partial charge in [-0.05, 0) is 61.1 Å². The van der Waals surface area contributed by atoms with Crippen molar-refractivity contribution in [3.63, 3.8) is 0 Å². The average molecular weight is 582 g/mol. The fourth-order valence-electron chi connectivity index (χ4n) is 5.96. The maximum atomic E-state index is 13.5. The van der Waals surface area contributed by atoms with Crippen molar-refractivity contribution in [1.29, 1.82) is 5.26 Å². The number of amides is 1. The Morgan fingerprint density at radius 1 is 1.31 bits per heavy atom. The van der Waals surface area contributed by atoms with Crippen LogP contribution in [0.3, 0.4) is 0 Å². The molecule has 0 saturated heterocycles. The van der Waals surface area contributed by atoms with Gasteiger partial charge in [-0.25, -0.2) is 4.98 Å². The zero-order chi connectivity index (χ0) is 30.1. The van der Waals surface area contributed by atoms with Gasteiger partial charge in [-0.1, -0.05) is 44.4 Å². The Morgan fingerprint density at radius 2 is 2.10 bits per heavy atom. The van der Waals surface area contributed by atoms with E-state index in [9.17, 15) is 10.1 Å². The molecular formula is C32H39N7O2Si. The molecule has 1 amide bonds. The third-order valence-corrected chi connectivity index (χ3v) is 9.88. The van der Waals surface area contributed by atoms with Crippen molar-refractivity contribution in [2.75, 3.05) is 11.9 Å². The number of nitriles is 1. The molecule has 1 aliphatic carbocycles. The van der Waals surface area contributed by atoms with E-state index in [1.54, 1.807) is 18.5 Å². The SMILES string of the molecule is C=Cc1cc(C(=O)Nc2cccc(C3(c4nncn4C)CC(CC#N)C3)c2)nc2c(C)cn(COCC[Si](C)(C)C)c12. The summed E-state index contributed by atoms with van der Waals surface area (Å²) >= 11 is 0. The largest absolute Gasteiger partial charge is 0.361 e. The lowest BCUT2D eigenvalue weighted by atomic mass is 9.57. The monoisotopic (exact) mass is 581 g/mol. The van der Waals surface area contributed by atoms with Gasteiger partial charge in [-0.3, -0.25) is 4.79 Å². The van der Waals surface area contributed by atoms with Crippen molar-refractivity contribution in [1.82, 2.24) is 24.3 Å². The van der Waals surface area contributed by atoms with Gasteiger partial charge in [0, 0.05) is 45.6 Å². The van der Waals surface area contributed by atoms with E-state index in [4.69, 9.17) is 9.72 Å². The molecule has 3 aromatic heterocycles. The van der Waals surface area contributed by atoms with Gasteiger partial charge in [0.05, 0.1) is 22.5 Å². The number of nitrogens with one attached hydrogen (secondary N) is 1. The Balaban J connectivity index is 1.39. The number of aryl methyl sites for hydroxylation is 2. The van der Waals surface area contributed by atoms with E-state index in [1.807, 2.05) is 47.5 Å². The van der Waals surface area contributed by atoms with Crippen molar-refractivity contribution >= 4 is 36.8 Å². The number of benzene rings is 1. The van der Waals surface area contributed by atoms with Gasteiger partial charge in [0.1, 0.15) is 24.6 Å². The number of hydrogen-bond acceptors (Lipinski definition) is 6. The summed E-state index contributed by atoms with van der Waals surface area (Å²) < 4.78 is 10.0. The second-order valence-electron chi connectivity index (χ2n) is 12.6. The van der Waals surface area contributed by atoms with Crippen molar-refractivity contribution in [2.45, 2.75) is 64.0 Å². The molecule has 42 heavy (non-hydrogen) atoms. The normalized spacial score (nSPS) is 18.4. The van der Waals surface area contributed by atoms with Crippen molar-refractivity contribution in [2.24, 2.45) is 13.0 Å². The minimum absolute atomic E-state index is 0.292. The van der Waals surface area contributed by atoms with Gasteiger partial charge in [-0.15, -0.1) is 10.2 Å². The van der Waals surface area contributed by atoms with E-state index in [0.29, 0.717) is 30.5 Å². The first-order chi connectivity index (χ1) is 20.0. The van der Waals surface area contributed by atoms with Crippen LogP contribution in [-0.4, -0.2) is 44.9 Å². The van der Waals surface area contributed by atoms with E-state index >= 15 is 0 Å². The van der Waals surface area contributed by atoms with Crippen LogP contribution in [0.25, 0.3) is 17.1 Å². The molecule has 0 radical (unpaired) electrons. The summed E-state index contributed by atoms with van der Waals surface area (Å²) in [5.74, 6) is 0.881. The lowest BCUT2D eigenvalue weighted by Gasteiger charge is -2.46. The fraction of sp³-hybridized carbons (Fsp3) is 0.406. The van der Waals surface area contributed by atoms with Gasteiger partial charge in [-0.2, -0.15) is 5.26 Å². The Kier molecular flexibility index (Phi) is 8.17. The van der Waals surface area contributed by atoms with Crippen LogP contribution < -0.4 is 5.32 Å². The molecule has 10 heteroatoms. The molecule has 0 atom stereocenters. The van der Waals surface area contributed by atoms with Gasteiger partial charge in [0.2, 0.25) is 0 Å². The molecule has 9 nitrogen and oxygen atoms in total. The lowest BCUT2D eigenvalue weighted by Crippen LogP contribution is -2.44. The molecule has 1 saturated carbocycles. The van der Waals surface area contributed by atoms with Crippen LogP contribution in [0.5, 0.6) is 0 Å². The number of fused-ring (bicyclic) bond motifs is 1. The summed E-state index contributed by atoms with van der Waals surface area (Å²) in [6.07, 6.45) is 7.62. The molecule has 0 bridgehead atoms. The highest BCUT2D eigenvalue weighted by Gasteiger charge is 2.49. The van der Waals surface area contributed by atoms with Crippen LogP contribution >= 0.6 is 0 Å². The smallest absolute Gasteiger partial charge is 0.274 e. The zero-order valence-electron chi connectivity index (χ0n) is 25.1. The molecule has 1 N–H and O–H groups in total. The third-order valence-electron chi connectivity index (χ3n) is 8.18. The molecule has 0 spiro atoms. The number of pyridine rings is 1. The number of rotatable bonds is 11. The Bertz CT molecular complexity index is 1670. The molecule has 0 unspecified atom stereocenters. The van der Waals surface area contributed by atoms with Crippen LogP contribution in [-0.2, 0) is 23.9 Å². The summed E-state index contributed by atoms with van der Waals surface area (Å²) in [6, 6.07) is 13.1. The molecule has 1 aromatic carbocycles. The van der Waals surface area contributed by atoms with Crippen LogP contribution in [0.1, 0.15) is 52.3 Å².